The molecule has 3 rings (SSSR count). The molecule has 1 aliphatic carbocycles. The van der Waals surface area contributed by atoms with Gasteiger partial charge in [0.2, 0.25) is 0 Å². The lowest BCUT2D eigenvalue weighted by Gasteiger charge is -2.25. The number of nitriles is 1. The standard InChI is InChI=1S/C20H21BrN2O2S/c1-12-4-9-15-16(11-22)18(26-17(15)10-12)23-19(24)20(2,3)25-14-7-5-13(21)6-8-14/h5-8,12H,4,9-10H2,1-3H3,(H,23,24). The molecule has 0 spiro atoms. The van der Waals surface area contributed by atoms with E-state index in [4.69, 9.17) is 4.74 Å². The fraction of sp³-hybridized carbons (Fsp3) is 0.400. The second-order valence-corrected chi connectivity index (χ2v) is 9.21. The van der Waals surface area contributed by atoms with Crippen LogP contribution in [0.15, 0.2) is 28.7 Å². The average Bonchev–Trinajstić information content (AvgIpc) is 2.92. The van der Waals surface area contributed by atoms with Crippen molar-refractivity contribution < 1.29 is 9.53 Å². The molecule has 1 atom stereocenters. The van der Waals surface area contributed by atoms with Crippen LogP contribution in [0.2, 0.25) is 0 Å². The normalized spacial score (nSPS) is 16.5. The van der Waals surface area contributed by atoms with E-state index in [2.05, 4.69) is 34.2 Å². The summed E-state index contributed by atoms with van der Waals surface area (Å²) in [5, 5.41) is 13.1. The summed E-state index contributed by atoms with van der Waals surface area (Å²) in [7, 11) is 0. The maximum Gasteiger partial charge on any atom is 0.268 e. The van der Waals surface area contributed by atoms with Crippen LogP contribution in [0.4, 0.5) is 5.00 Å². The number of thiophene rings is 1. The molecule has 2 aromatic rings. The van der Waals surface area contributed by atoms with Crippen LogP contribution in [-0.4, -0.2) is 11.5 Å². The zero-order valence-corrected chi connectivity index (χ0v) is 17.5. The monoisotopic (exact) mass is 432 g/mol. The second kappa shape index (κ2) is 7.42. The topological polar surface area (TPSA) is 62.1 Å². The highest BCUT2D eigenvalue weighted by Gasteiger charge is 2.32. The summed E-state index contributed by atoms with van der Waals surface area (Å²) in [6.07, 6.45) is 2.97. The Morgan fingerprint density at radius 2 is 2.08 bits per heavy atom. The van der Waals surface area contributed by atoms with Gasteiger partial charge in [-0.15, -0.1) is 11.3 Å². The smallest absolute Gasteiger partial charge is 0.268 e. The summed E-state index contributed by atoms with van der Waals surface area (Å²) in [5.41, 5.74) is 0.667. The van der Waals surface area contributed by atoms with Gasteiger partial charge in [0.1, 0.15) is 16.8 Å². The summed E-state index contributed by atoms with van der Waals surface area (Å²) < 4.78 is 6.82. The van der Waals surface area contributed by atoms with Crippen molar-refractivity contribution in [2.45, 2.75) is 45.6 Å². The molecule has 0 radical (unpaired) electrons. The fourth-order valence-corrected chi connectivity index (χ4v) is 4.67. The van der Waals surface area contributed by atoms with E-state index in [-0.39, 0.29) is 5.91 Å². The summed E-state index contributed by atoms with van der Waals surface area (Å²) in [6, 6.07) is 9.64. The zero-order chi connectivity index (χ0) is 18.9. The van der Waals surface area contributed by atoms with Gasteiger partial charge in [-0.1, -0.05) is 22.9 Å². The van der Waals surface area contributed by atoms with Gasteiger partial charge in [0.25, 0.3) is 5.91 Å². The average molecular weight is 433 g/mol. The predicted octanol–water partition coefficient (Wildman–Crippen LogP) is 5.30. The van der Waals surface area contributed by atoms with Gasteiger partial charge in [-0.2, -0.15) is 5.26 Å². The number of fused-ring (bicyclic) bond motifs is 1. The third-order valence-electron chi connectivity index (χ3n) is 4.58. The molecule has 1 amide bonds. The van der Waals surface area contributed by atoms with Crippen molar-refractivity contribution in [1.82, 2.24) is 0 Å². The lowest BCUT2D eigenvalue weighted by molar-refractivity contribution is -0.128. The molecule has 4 nitrogen and oxygen atoms in total. The van der Waals surface area contributed by atoms with Crippen LogP contribution in [0.1, 0.15) is 43.2 Å². The summed E-state index contributed by atoms with van der Waals surface area (Å²) in [5.74, 6) is 0.977. The lowest BCUT2D eigenvalue weighted by atomic mass is 9.88. The Hall–Kier alpha value is -1.84. The highest BCUT2D eigenvalue weighted by molar-refractivity contribution is 9.10. The fourth-order valence-electron chi connectivity index (χ4n) is 3.05. The maximum absolute atomic E-state index is 12.8. The van der Waals surface area contributed by atoms with Crippen LogP contribution in [0.5, 0.6) is 5.75 Å². The van der Waals surface area contributed by atoms with Crippen molar-refractivity contribution in [2.24, 2.45) is 5.92 Å². The SMILES string of the molecule is CC1CCc2c(sc(NC(=O)C(C)(C)Oc3ccc(Br)cc3)c2C#N)C1. The lowest BCUT2D eigenvalue weighted by Crippen LogP contribution is -2.42. The molecule has 1 aliphatic rings. The molecule has 1 N–H and O–H groups in total. The number of ether oxygens (including phenoxy) is 1. The van der Waals surface area contributed by atoms with Crippen LogP contribution in [0.3, 0.4) is 0 Å². The van der Waals surface area contributed by atoms with Gasteiger partial charge >= 0.3 is 0 Å². The van der Waals surface area contributed by atoms with E-state index < -0.39 is 5.60 Å². The number of carbonyl (C=O) groups is 1. The second-order valence-electron chi connectivity index (χ2n) is 7.19. The first-order valence-corrected chi connectivity index (χ1v) is 10.2. The number of anilines is 1. The molecule has 136 valence electrons. The Morgan fingerprint density at radius 3 is 2.73 bits per heavy atom. The number of amides is 1. The van der Waals surface area contributed by atoms with Crippen LogP contribution < -0.4 is 10.1 Å². The molecule has 1 aromatic carbocycles. The third-order valence-corrected chi connectivity index (χ3v) is 6.28. The summed E-state index contributed by atoms with van der Waals surface area (Å²) in [4.78, 5) is 14.0. The number of hydrogen-bond acceptors (Lipinski definition) is 4. The number of halogens is 1. The first kappa shape index (κ1) is 18.9. The molecule has 6 heteroatoms. The Balaban J connectivity index is 1.79. The van der Waals surface area contributed by atoms with E-state index in [9.17, 15) is 10.1 Å². The Bertz CT molecular complexity index is 865. The van der Waals surface area contributed by atoms with Gasteiger partial charge < -0.3 is 10.1 Å². The van der Waals surface area contributed by atoms with Crippen molar-refractivity contribution >= 4 is 38.2 Å². The van der Waals surface area contributed by atoms with Crippen LogP contribution in [0, 0.1) is 17.2 Å². The number of hydrogen-bond donors (Lipinski definition) is 1. The maximum atomic E-state index is 12.8. The molecule has 0 fully saturated rings. The number of nitrogens with one attached hydrogen (secondary N) is 1. The molecular formula is C20H21BrN2O2S. The first-order chi connectivity index (χ1) is 12.3. The van der Waals surface area contributed by atoms with E-state index in [1.807, 2.05) is 24.3 Å². The zero-order valence-electron chi connectivity index (χ0n) is 15.1. The number of carbonyl (C=O) groups excluding carboxylic acids is 1. The van der Waals surface area contributed by atoms with E-state index in [1.54, 1.807) is 13.8 Å². The van der Waals surface area contributed by atoms with Crippen LogP contribution in [-0.2, 0) is 17.6 Å². The highest BCUT2D eigenvalue weighted by atomic mass is 79.9. The van der Waals surface area contributed by atoms with Gasteiger partial charge in [0, 0.05) is 9.35 Å². The predicted molar refractivity (Wildman–Crippen MR) is 108 cm³/mol. The third kappa shape index (κ3) is 3.94. The minimum Gasteiger partial charge on any atom is -0.478 e. The largest absolute Gasteiger partial charge is 0.478 e. The molecule has 1 aromatic heterocycles. The summed E-state index contributed by atoms with van der Waals surface area (Å²) in [6.45, 7) is 5.68. The van der Waals surface area contributed by atoms with Gasteiger partial charge in [-0.05, 0) is 68.9 Å². The minimum absolute atomic E-state index is 0.261. The molecule has 0 saturated carbocycles. The van der Waals surface area contributed by atoms with Gasteiger partial charge in [-0.3, -0.25) is 4.79 Å². The van der Waals surface area contributed by atoms with Crippen molar-refractivity contribution in [2.75, 3.05) is 5.32 Å². The number of nitrogens with zero attached hydrogens (tertiary/aromatic N) is 1. The molecule has 1 heterocycles. The van der Waals surface area contributed by atoms with Gasteiger partial charge in [0.15, 0.2) is 5.60 Å². The minimum atomic E-state index is -1.06. The number of rotatable bonds is 4. The van der Waals surface area contributed by atoms with E-state index in [0.29, 0.717) is 22.2 Å². The number of benzene rings is 1. The van der Waals surface area contributed by atoms with Crippen molar-refractivity contribution in [3.8, 4) is 11.8 Å². The Kier molecular flexibility index (Phi) is 5.40. The summed E-state index contributed by atoms with van der Waals surface area (Å²) >= 11 is 4.91. The molecule has 26 heavy (non-hydrogen) atoms. The van der Waals surface area contributed by atoms with Gasteiger partial charge in [0.05, 0.1) is 5.56 Å². The van der Waals surface area contributed by atoms with Crippen LogP contribution in [0.25, 0.3) is 0 Å². The molecular weight excluding hydrogens is 412 g/mol. The van der Waals surface area contributed by atoms with E-state index in [1.165, 1.54) is 16.2 Å². The molecule has 0 saturated heterocycles. The Morgan fingerprint density at radius 1 is 1.38 bits per heavy atom. The van der Waals surface area contributed by atoms with E-state index in [0.717, 1.165) is 29.3 Å². The first-order valence-electron chi connectivity index (χ1n) is 8.61. The van der Waals surface area contributed by atoms with E-state index >= 15 is 0 Å². The Labute approximate surface area is 166 Å². The van der Waals surface area contributed by atoms with Crippen molar-refractivity contribution in [3.63, 3.8) is 0 Å². The molecule has 0 aliphatic heterocycles. The van der Waals surface area contributed by atoms with Crippen molar-refractivity contribution in [1.29, 1.82) is 5.26 Å². The van der Waals surface area contributed by atoms with Crippen molar-refractivity contribution in [3.05, 3.63) is 44.7 Å². The highest BCUT2D eigenvalue weighted by Crippen LogP contribution is 2.39. The van der Waals surface area contributed by atoms with Crippen LogP contribution >= 0.6 is 27.3 Å². The van der Waals surface area contributed by atoms with Gasteiger partial charge in [-0.25, -0.2) is 0 Å². The molecule has 0 bridgehead atoms. The quantitative estimate of drug-likeness (QED) is 0.712. The molecule has 1 unspecified atom stereocenters.